The summed E-state index contributed by atoms with van der Waals surface area (Å²) in [6.07, 6.45) is 8.31. The lowest BCUT2D eigenvalue weighted by Gasteiger charge is -2.23. The summed E-state index contributed by atoms with van der Waals surface area (Å²) in [6, 6.07) is 19.9. The second kappa shape index (κ2) is 18.1. The van der Waals surface area contributed by atoms with E-state index in [0.29, 0.717) is 86.7 Å². The summed E-state index contributed by atoms with van der Waals surface area (Å²) in [5.41, 5.74) is 5.46. The van der Waals surface area contributed by atoms with Crippen LogP contribution in [0.25, 0.3) is 33.4 Å². The van der Waals surface area contributed by atoms with Crippen LogP contribution in [-0.4, -0.2) is 68.3 Å². The number of benzene rings is 3. The summed E-state index contributed by atoms with van der Waals surface area (Å²) in [6.45, 7) is 8.00. The van der Waals surface area contributed by atoms with Crippen LogP contribution >= 0.6 is 0 Å². The van der Waals surface area contributed by atoms with Crippen LogP contribution < -0.4 is 20.2 Å². The lowest BCUT2D eigenvalue weighted by atomic mass is 9.97. The molecule has 2 aromatic heterocycles. The molecule has 4 heterocycles. The van der Waals surface area contributed by atoms with Gasteiger partial charge in [-0.25, -0.2) is 4.39 Å². The molecular formula is C45H48FN3O7. The zero-order valence-corrected chi connectivity index (χ0v) is 32.1. The van der Waals surface area contributed by atoms with E-state index in [2.05, 4.69) is 12.2 Å². The molecule has 7 rings (SSSR count). The van der Waals surface area contributed by atoms with Gasteiger partial charge in [0.05, 0.1) is 26.9 Å². The Kier molecular flexibility index (Phi) is 12.5. The van der Waals surface area contributed by atoms with Crippen molar-refractivity contribution in [2.75, 3.05) is 52.1 Å². The first-order valence-corrected chi connectivity index (χ1v) is 19.3. The number of hydrogen-bond acceptors (Lipinski definition) is 8. The number of nitrogens with zero attached hydrogens (tertiary/aromatic N) is 2. The number of pyridine rings is 2. The van der Waals surface area contributed by atoms with Crippen molar-refractivity contribution in [3.63, 3.8) is 0 Å². The smallest absolute Gasteiger partial charge is 0.261 e. The minimum atomic E-state index is -0.603. The quantitative estimate of drug-likeness (QED) is 0.129. The molecule has 3 aromatic carbocycles. The maximum absolute atomic E-state index is 16.1. The van der Waals surface area contributed by atoms with Gasteiger partial charge in [0.2, 0.25) is 5.43 Å². The molecule has 56 heavy (non-hydrogen) atoms. The molecule has 2 saturated heterocycles. The molecule has 2 aliphatic rings. The van der Waals surface area contributed by atoms with Crippen LogP contribution in [0, 0.1) is 11.7 Å². The Morgan fingerprint density at radius 1 is 0.857 bits per heavy atom. The molecule has 2 aliphatic heterocycles. The van der Waals surface area contributed by atoms with Crippen LogP contribution in [0.2, 0.25) is 0 Å². The Labute approximate surface area is 326 Å². The summed E-state index contributed by atoms with van der Waals surface area (Å²) >= 11 is 0. The van der Waals surface area contributed by atoms with E-state index in [-0.39, 0.29) is 22.8 Å². The van der Waals surface area contributed by atoms with Crippen molar-refractivity contribution in [2.24, 2.45) is 5.92 Å². The molecule has 0 unspecified atom stereocenters. The van der Waals surface area contributed by atoms with Crippen LogP contribution in [0.4, 0.5) is 10.1 Å². The molecular weight excluding hydrogens is 714 g/mol. The third-order valence-corrected chi connectivity index (χ3v) is 10.4. The van der Waals surface area contributed by atoms with Crippen molar-refractivity contribution < 1.29 is 32.9 Å². The van der Waals surface area contributed by atoms with Crippen LogP contribution in [0.1, 0.15) is 48.3 Å². The van der Waals surface area contributed by atoms with Gasteiger partial charge in [0, 0.05) is 72.0 Å². The number of amides is 1. The van der Waals surface area contributed by atoms with E-state index < -0.39 is 11.7 Å². The minimum Gasteiger partial charge on any atom is -0.493 e. The van der Waals surface area contributed by atoms with Gasteiger partial charge in [0.15, 0.2) is 11.5 Å². The van der Waals surface area contributed by atoms with Crippen molar-refractivity contribution in [3.05, 3.63) is 118 Å². The first-order chi connectivity index (χ1) is 27.3. The highest BCUT2D eigenvalue weighted by molar-refractivity contribution is 6.04. The first kappa shape index (κ1) is 38.9. The van der Waals surface area contributed by atoms with Crippen molar-refractivity contribution >= 4 is 11.6 Å². The Bertz CT molecular complexity index is 2210. The zero-order valence-electron chi connectivity index (χ0n) is 32.1. The molecule has 0 spiro atoms. The molecule has 0 bridgehead atoms. The number of rotatable bonds is 13. The number of anilines is 1. The fourth-order valence-electron chi connectivity index (χ4n) is 7.21. The highest BCUT2D eigenvalue weighted by atomic mass is 19.1. The van der Waals surface area contributed by atoms with Crippen LogP contribution in [0.3, 0.4) is 0 Å². The lowest BCUT2D eigenvalue weighted by molar-refractivity contribution is -0.101. The average molecular weight is 762 g/mol. The molecule has 5 aromatic rings. The molecule has 0 saturated carbocycles. The van der Waals surface area contributed by atoms with Gasteiger partial charge in [-0.2, -0.15) is 0 Å². The summed E-state index contributed by atoms with van der Waals surface area (Å²) in [4.78, 5) is 32.4. The Balaban J connectivity index is 1.13. The van der Waals surface area contributed by atoms with Crippen molar-refractivity contribution in [3.8, 4) is 44.9 Å². The normalized spacial score (nSPS) is 16.0. The molecule has 1 amide bonds. The Morgan fingerprint density at radius 3 is 2.38 bits per heavy atom. The highest BCUT2D eigenvalue weighted by Gasteiger charge is 2.22. The molecule has 2 fully saturated rings. The van der Waals surface area contributed by atoms with Crippen molar-refractivity contribution in [1.82, 2.24) is 9.55 Å². The molecule has 1 atom stereocenters. The minimum absolute atomic E-state index is 0.00744. The van der Waals surface area contributed by atoms with E-state index >= 15 is 4.39 Å². The van der Waals surface area contributed by atoms with Gasteiger partial charge >= 0.3 is 0 Å². The maximum Gasteiger partial charge on any atom is 0.261 e. The summed E-state index contributed by atoms with van der Waals surface area (Å²) in [7, 11) is 1.58. The average Bonchev–Trinajstić information content (AvgIpc) is 3.24. The summed E-state index contributed by atoms with van der Waals surface area (Å²) in [5.74, 6) is 0.338. The van der Waals surface area contributed by atoms with Crippen LogP contribution in [0.5, 0.6) is 11.5 Å². The fourth-order valence-corrected chi connectivity index (χ4v) is 7.21. The molecule has 1 N–H and O–H groups in total. The van der Waals surface area contributed by atoms with Crippen LogP contribution in [0.15, 0.2) is 90.1 Å². The molecule has 10 nitrogen and oxygen atoms in total. The van der Waals surface area contributed by atoms with Crippen molar-refractivity contribution in [2.45, 2.75) is 52.2 Å². The highest BCUT2D eigenvalue weighted by Crippen LogP contribution is 2.36. The standard InChI is InChI=1S/C45H48FN3O7/c1-4-29-6-8-31(9-7-29)38-25-49(24-30-14-16-53-17-15-30)26-39(44(38)50)45(51)48-34-11-12-36(40(46)22-34)37-20-33(23-47-41(37)5-2)32-10-13-42(43(21-32)52-3)56-28-35-27-54-18-19-55-35/h6-13,20-23,25-26,30,35H,4-5,14-19,24,27-28H2,1-3H3,(H,48,51)/t35-/m1/s1. The predicted octanol–water partition coefficient (Wildman–Crippen LogP) is 7.99. The van der Waals surface area contributed by atoms with Gasteiger partial charge in [0.1, 0.15) is 24.1 Å². The van der Waals surface area contributed by atoms with Gasteiger partial charge in [-0.1, -0.05) is 44.2 Å². The molecule has 11 heteroatoms. The second-order valence-electron chi connectivity index (χ2n) is 14.2. The maximum atomic E-state index is 16.1. The number of nitrogens with one attached hydrogen (secondary N) is 1. The predicted molar refractivity (Wildman–Crippen MR) is 214 cm³/mol. The van der Waals surface area contributed by atoms with Gasteiger partial charge in [-0.05, 0) is 84.7 Å². The topological polar surface area (TPSA) is 110 Å². The van der Waals surface area contributed by atoms with E-state index in [4.69, 9.17) is 28.7 Å². The monoisotopic (exact) mass is 761 g/mol. The van der Waals surface area contributed by atoms with Gasteiger partial charge in [-0.3, -0.25) is 14.6 Å². The molecule has 0 radical (unpaired) electrons. The first-order valence-electron chi connectivity index (χ1n) is 19.3. The number of halogens is 1. The Morgan fingerprint density at radius 2 is 1.66 bits per heavy atom. The van der Waals surface area contributed by atoms with Gasteiger partial charge in [-0.15, -0.1) is 0 Å². The number of carbonyl (C=O) groups is 1. The third-order valence-electron chi connectivity index (χ3n) is 10.4. The molecule has 0 aliphatic carbocycles. The Hall–Kier alpha value is -5.36. The van der Waals surface area contributed by atoms with Gasteiger partial charge < -0.3 is 33.6 Å². The largest absolute Gasteiger partial charge is 0.493 e. The van der Waals surface area contributed by atoms with E-state index in [1.54, 1.807) is 31.6 Å². The number of aromatic nitrogens is 2. The fraction of sp³-hybridized carbons (Fsp3) is 0.356. The van der Waals surface area contributed by atoms with E-state index in [1.807, 2.05) is 66.2 Å². The summed E-state index contributed by atoms with van der Waals surface area (Å²) < 4.78 is 46.4. The third kappa shape index (κ3) is 9.02. The van der Waals surface area contributed by atoms with E-state index in [9.17, 15) is 9.59 Å². The lowest BCUT2D eigenvalue weighted by Crippen LogP contribution is -2.33. The number of methoxy groups -OCH3 is 1. The summed E-state index contributed by atoms with van der Waals surface area (Å²) in [5, 5.41) is 2.79. The second-order valence-corrected chi connectivity index (χ2v) is 14.2. The number of carbonyl (C=O) groups excluding carboxylic acids is 1. The van der Waals surface area contributed by atoms with E-state index in [0.717, 1.165) is 47.2 Å². The van der Waals surface area contributed by atoms with Crippen molar-refractivity contribution in [1.29, 1.82) is 0 Å². The zero-order chi connectivity index (χ0) is 39.0. The van der Waals surface area contributed by atoms with Crippen LogP contribution in [-0.2, 0) is 33.6 Å². The number of ether oxygens (including phenoxy) is 5. The molecule has 292 valence electrons. The van der Waals surface area contributed by atoms with E-state index in [1.165, 1.54) is 6.07 Å². The van der Waals surface area contributed by atoms with Gasteiger partial charge in [0.25, 0.3) is 5.91 Å². The SMILES string of the molecule is CCc1ccc(-c2cn(CC3CCOCC3)cc(C(=O)Nc3ccc(-c4cc(-c5ccc(OC[C@H]6COCCO6)c(OC)c5)cnc4CC)c(F)c3)c2=O)cc1. The number of aryl methyl sites for hydroxylation is 2. The number of hydrogen-bond donors (Lipinski definition) is 1.